The summed E-state index contributed by atoms with van der Waals surface area (Å²) in [4.78, 5) is 0. The molecule has 1 fully saturated rings. The molecule has 1 unspecified atom stereocenters. The minimum absolute atomic E-state index is 0.110. The molecule has 1 aromatic heterocycles. The molecule has 3 rings (SSSR count). The summed E-state index contributed by atoms with van der Waals surface area (Å²) in [7, 11) is 0. The normalized spacial score (nSPS) is 17.6. The molecule has 4 heteroatoms. The quantitative estimate of drug-likeness (QED) is 0.596. The Hall–Kier alpha value is -1.35. The Morgan fingerprint density at radius 3 is 2.55 bits per heavy atom. The minimum Gasteiger partial charge on any atom is -0.461 e. The van der Waals surface area contributed by atoms with Crippen molar-refractivity contribution in [2.75, 3.05) is 0 Å². The SMILES string of the molecule is Cc1oc(-c2ccc(F)cc2F)cc1C(Cl)C1CCCCC1. The van der Waals surface area contributed by atoms with Gasteiger partial charge < -0.3 is 4.42 Å². The summed E-state index contributed by atoms with van der Waals surface area (Å²) >= 11 is 6.64. The van der Waals surface area contributed by atoms with Gasteiger partial charge in [0.2, 0.25) is 0 Å². The van der Waals surface area contributed by atoms with Crippen molar-refractivity contribution in [1.82, 2.24) is 0 Å². The molecule has 1 aromatic carbocycles. The van der Waals surface area contributed by atoms with E-state index >= 15 is 0 Å². The summed E-state index contributed by atoms with van der Waals surface area (Å²) < 4.78 is 32.6. The second kappa shape index (κ2) is 6.41. The predicted molar refractivity (Wildman–Crippen MR) is 84.0 cm³/mol. The number of furan rings is 1. The first-order chi connectivity index (χ1) is 10.6. The Morgan fingerprint density at radius 1 is 1.14 bits per heavy atom. The maximum Gasteiger partial charge on any atom is 0.137 e. The molecule has 1 aliphatic carbocycles. The Labute approximate surface area is 134 Å². The molecule has 0 N–H and O–H groups in total. The number of aryl methyl sites for hydroxylation is 1. The second-order valence-electron chi connectivity index (χ2n) is 6.05. The first kappa shape index (κ1) is 15.5. The van der Waals surface area contributed by atoms with E-state index < -0.39 is 11.6 Å². The van der Waals surface area contributed by atoms with Crippen LogP contribution in [-0.2, 0) is 0 Å². The van der Waals surface area contributed by atoms with Crippen LogP contribution in [0.2, 0.25) is 0 Å². The van der Waals surface area contributed by atoms with Crippen LogP contribution in [-0.4, -0.2) is 0 Å². The Balaban J connectivity index is 1.89. The van der Waals surface area contributed by atoms with Gasteiger partial charge in [0.15, 0.2) is 0 Å². The van der Waals surface area contributed by atoms with Gasteiger partial charge >= 0.3 is 0 Å². The van der Waals surface area contributed by atoms with Crippen LogP contribution in [0.3, 0.4) is 0 Å². The number of alkyl halides is 1. The standard InChI is InChI=1S/C18H19ClF2O/c1-11-15(18(19)12-5-3-2-4-6-12)10-17(22-11)14-8-7-13(20)9-16(14)21/h7-10,12,18H,2-6H2,1H3. The molecule has 0 amide bonds. The van der Waals surface area contributed by atoms with Gasteiger partial charge in [0.25, 0.3) is 0 Å². The van der Waals surface area contributed by atoms with E-state index in [-0.39, 0.29) is 10.9 Å². The van der Waals surface area contributed by atoms with Crippen molar-refractivity contribution in [2.24, 2.45) is 5.92 Å². The summed E-state index contributed by atoms with van der Waals surface area (Å²) in [6, 6.07) is 5.30. The van der Waals surface area contributed by atoms with Crippen molar-refractivity contribution in [2.45, 2.75) is 44.4 Å². The third kappa shape index (κ3) is 3.05. The Morgan fingerprint density at radius 2 is 1.86 bits per heavy atom. The summed E-state index contributed by atoms with van der Waals surface area (Å²) in [5, 5.41) is -0.110. The number of hydrogen-bond acceptors (Lipinski definition) is 1. The lowest BCUT2D eigenvalue weighted by Crippen LogP contribution is -2.12. The topological polar surface area (TPSA) is 13.1 Å². The highest BCUT2D eigenvalue weighted by molar-refractivity contribution is 6.21. The van der Waals surface area contributed by atoms with Gasteiger partial charge in [0.05, 0.1) is 10.9 Å². The zero-order valence-electron chi connectivity index (χ0n) is 12.5. The fraction of sp³-hybridized carbons (Fsp3) is 0.444. The highest BCUT2D eigenvalue weighted by Crippen LogP contribution is 2.42. The molecule has 0 saturated heterocycles. The molecule has 1 nitrogen and oxygen atoms in total. The molecule has 0 radical (unpaired) electrons. The van der Waals surface area contributed by atoms with E-state index in [0.29, 0.717) is 17.4 Å². The van der Waals surface area contributed by atoms with E-state index in [2.05, 4.69) is 0 Å². The third-order valence-electron chi connectivity index (χ3n) is 4.51. The third-order valence-corrected chi connectivity index (χ3v) is 5.11. The highest BCUT2D eigenvalue weighted by atomic mass is 35.5. The highest BCUT2D eigenvalue weighted by Gasteiger charge is 2.27. The lowest BCUT2D eigenvalue weighted by atomic mass is 9.84. The molecule has 1 saturated carbocycles. The van der Waals surface area contributed by atoms with Gasteiger partial charge in [-0.3, -0.25) is 0 Å². The number of hydrogen-bond donors (Lipinski definition) is 0. The molecular formula is C18H19ClF2O. The van der Waals surface area contributed by atoms with Gasteiger partial charge in [-0.05, 0) is 43.9 Å². The summed E-state index contributed by atoms with van der Waals surface area (Å²) in [5.74, 6) is 0.347. The van der Waals surface area contributed by atoms with Crippen molar-refractivity contribution >= 4 is 11.6 Å². The van der Waals surface area contributed by atoms with Gasteiger partial charge in [-0.2, -0.15) is 0 Å². The fourth-order valence-corrected chi connectivity index (χ4v) is 3.74. The second-order valence-corrected chi connectivity index (χ2v) is 6.52. The van der Waals surface area contributed by atoms with Gasteiger partial charge in [-0.15, -0.1) is 11.6 Å². The van der Waals surface area contributed by atoms with E-state index in [4.69, 9.17) is 16.0 Å². The molecule has 118 valence electrons. The van der Waals surface area contributed by atoms with Gasteiger partial charge in [0, 0.05) is 11.6 Å². The average Bonchev–Trinajstić information content (AvgIpc) is 2.89. The fourth-order valence-electron chi connectivity index (χ4n) is 3.27. The van der Waals surface area contributed by atoms with Crippen molar-refractivity contribution < 1.29 is 13.2 Å². The minimum atomic E-state index is -0.621. The maximum atomic E-state index is 13.9. The largest absolute Gasteiger partial charge is 0.461 e. The van der Waals surface area contributed by atoms with Crippen LogP contribution in [0.1, 0.15) is 48.8 Å². The predicted octanol–water partition coefficient (Wildman–Crippen LogP) is 6.39. The maximum absolute atomic E-state index is 13.9. The summed E-state index contributed by atoms with van der Waals surface area (Å²) in [5.41, 5.74) is 1.19. The van der Waals surface area contributed by atoms with Crippen LogP contribution >= 0.6 is 11.6 Å². The molecule has 1 aliphatic rings. The molecule has 2 aromatic rings. The van der Waals surface area contributed by atoms with Crippen LogP contribution in [0.5, 0.6) is 0 Å². The van der Waals surface area contributed by atoms with E-state index in [1.165, 1.54) is 31.4 Å². The molecular weight excluding hydrogens is 306 g/mol. The van der Waals surface area contributed by atoms with Gasteiger partial charge in [-0.1, -0.05) is 19.3 Å². The van der Waals surface area contributed by atoms with E-state index in [1.807, 2.05) is 6.92 Å². The van der Waals surface area contributed by atoms with Crippen molar-refractivity contribution in [3.05, 3.63) is 47.2 Å². The van der Waals surface area contributed by atoms with Crippen molar-refractivity contribution in [3.63, 3.8) is 0 Å². The number of halogens is 3. The average molecular weight is 325 g/mol. The van der Waals surface area contributed by atoms with Gasteiger partial charge in [0.1, 0.15) is 23.2 Å². The number of rotatable bonds is 3. The molecule has 1 heterocycles. The first-order valence-corrected chi connectivity index (χ1v) is 8.19. The van der Waals surface area contributed by atoms with Crippen molar-refractivity contribution in [1.29, 1.82) is 0 Å². The molecule has 0 aliphatic heterocycles. The van der Waals surface area contributed by atoms with E-state index in [9.17, 15) is 8.78 Å². The molecule has 22 heavy (non-hydrogen) atoms. The zero-order valence-corrected chi connectivity index (χ0v) is 13.3. The van der Waals surface area contributed by atoms with Crippen LogP contribution in [0.15, 0.2) is 28.7 Å². The smallest absolute Gasteiger partial charge is 0.137 e. The summed E-state index contributed by atoms with van der Waals surface area (Å²) in [6.07, 6.45) is 5.95. The van der Waals surface area contributed by atoms with Crippen LogP contribution in [0.4, 0.5) is 8.78 Å². The van der Waals surface area contributed by atoms with Crippen LogP contribution in [0.25, 0.3) is 11.3 Å². The lowest BCUT2D eigenvalue weighted by Gasteiger charge is -2.25. The van der Waals surface area contributed by atoms with Crippen LogP contribution < -0.4 is 0 Å². The van der Waals surface area contributed by atoms with Crippen LogP contribution in [0, 0.1) is 24.5 Å². The van der Waals surface area contributed by atoms with Gasteiger partial charge in [-0.25, -0.2) is 8.78 Å². The molecule has 0 bridgehead atoms. The Bertz CT molecular complexity index is 659. The Kier molecular flexibility index (Phi) is 4.53. The lowest BCUT2D eigenvalue weighted by molar-refractivity contribution is 0.346. The zero-order chi connectivity index (χ0) is 15.7. The first-order valence-electron chi connectivity index (χ1n) is 7.76. The van der Waals surface area contributed by atoms with E-state index in [1.54, 1.807) is 6.07 Å². The monoisotopic (exact) mass is 324 g/mol. The molecule has 1 atom stereocenters. The molecule has 0 spiro atoms. The number of benzene rings is 1. The van der Waals surface area contributed by atoms with Crippen molar-refractivity contribution in [3.8, 4) is 11.3 Å². The summed E-state index contributed by atoms with van der Waals surface area (Å²) in [6.45, 7) is 1.85. The van der Waals surface area contributed by atoms with E-state index in [0.717, 1.165) is 24.5 Å².